The molecular weight excluding hydrogens is 428 g/mol. The highest BCUT2D eigenvalue weighted by molar-refractivity contribution is 7.99. The second kappa shape index (κ2) is 10.8. The van der Waals surface area contributed by atoms with Gasteiger partial charge in [-0.1, -0.05) is 25.5 Å². The second-order valence-corrected chi connectivity index (χ2v) is 8.93. The molecular formula is C24H29ClN4OS. The number of hydrogen-bond donors (Lipinski definition) is 1. The number of hydrogen-bond acceptors (Lipinski definition) is 5. The number of rotatable bonds is 6. The van der Waals surface area contributed by atoms with Crippen LogP contribution in [-0.4, -0.2) is 45.4 Å². The maximum atomic E-state index is 13.3. The topological polar surface area (TPSA) is 58.1 Å². The molecule has 5 nitrogen and oxygen atoms in total. The molecule has 0 atom stereocenters. The van der Waals surface area contributed by atoms with E-state index in [-0.39, 0.29) is 18.3 Å². The van der Waals surface area contributed by atoms with Gasteiger partial charge in [0.05, 0.1) is 11.3 Å². The summed E-state index contributed by atoms with van der Waals surface area (Å²) in [5, 5.41) is 4.37. The Hall–Kier alpha value is -2.31. The van der Waals surface area contributed by atoms with Crippen molar-refractivity contribution >= 4 is 52.5 Å². The number of unbranched alkanes of at least 4 members (excludes halogenated alkanes) is 1. The van der Waals surface area contributed by atoms with Gasteiger partial charge in [0.15, 0.2) is 5.65 Å². The molecule has 1 aromatic carbocycles. The minimum absolute atomic E-state index is 0. The normalized spacial score (nSPS) is 13.7. The minimum atomic E-state index is 0. The number of halogens is 1. The molecule has 1 N–H and O–H groups in total. The van der Waals surface area contributed by atoms with Gasteiger partial charge in [-0.05, 0) is 49.6 Å². The van der Waals surface area contributed by atoms with Crippen LogP contribution in [-0.2, 0) is 6.42 Å². The molecule has 0 aliphatic carbocycles. The monoisotopic (exact) mass is 456 g/mol. The molecule has 1 aliphatic rings. The van der Waals surface area contributed by atoms with Crippen LogP contribution >= 0.6 is 24.2 Å². The number of aromatic nitrogens is 2. The number of anilines is 2. The Bertz CT molecular complexity index is 1040. The zero-order chi connectivity index (χ0) is 20.9. The summed E-state index contributed by atoms with van der Waals surface area (Å²) in [5.41, 5.74) is 5.26. The maximum absolute atomic E-state index is 13.3. The highest BCUT2D eigenvalue weighted by atomic mass is 35.5. The zero-order valence-electron chi connectivity index (χ0n) is 18.1. The Morgan fingerprint density at radius 2 is 1.87 bits per heavy atom. The van der Waals surface area contributed by atoms with Gasteiger partial charge in [-0.3, -0.25) is 4.79 Å². The maximum Gasteiger partial charge on any atom is 0.257 e. The van der Waals surface area contributed by atoms with Crippen LogP contribution in [0.25, 0.3) is 11.0 Å². The molecule has 2 aromatic heterocycles. The van der Waals surface area contributed by atoms with E-state index >= 15 is 0 Å². The van der Waals surface area contributed by atoms with E-state index in [1.165, 1.54) is 18.4 Å². The number of carbonyl (C=O) groups excluding carboxylic acids is 1. The van der Waals surface area contributed by atoms with Crippen molar-refractivity contribution in [3.05, 3.63) is 59.4 Å². The first-order valence-electron chi connectivity index (χ1n) is 10.6. The van der Waals surface area contributed by atoms with Crippen molar-refractivity contribution in [1.82, 2.24) is 14.9 Å². The Kier molecular flexibility index (Phi) is 8.15. The summed E-state index contributed by atoms with van der Waals surface area (Å²) < 4.78 is 0. The van der Waals surface area contributed by atoms with Gasteiger partial charge in [0.2, 0.25) is 0 Å². The molecule has 164 valence electrons. The van der Waals surface area contributed by atoms with E-state index < -0.39 is 0 Å². The first-order valence-corrected chi connectivity index (χ1v) is 11.8. The summed E-state index contributed by atoms with van der Waals surface area (Å²) in [6, 6.07) is 12.5. The van der Waals surface area contributed by atoms with Crippen molar-refractivity contribution in [3.63, 3.8) is 0 Å². The smallest absolute Gasteiger partial charge is 0.257 e. The van der Waals surface area contributed by atoms with Crippen LogP contribution in [0, 0.1) is 6.92 Å². The predicted octanol–water partition coefficient (Wildman–Crippen LogP) is 5.64. The SMILES string of the molecule is CCCCc1ccc(Nc2c(C(=O)N3CCSCC3)cnc3nc(C)ccc23)cc1.Cl. The fourth-order valence-corrected chi connectivity index (χ4v) is 4.59. The van der Waals surface area contributed by atoms with Gasteiger partial charge >= 0.3 is 0 Å². The van der Waals surface area contributed by atoms with E-state index in [4.69, 9.17) is 0 Å². The number of carbonyl (C=O) groups is 1. The van der Waals surface area contributed by atoms with Crippen LogP contribution in [0.3, 0.4) is 0 Å². The van der Waals surface area contributed by atoms with Crippen LogP contribution in [0.2, 0.25) is 0 Å². The standard InChI is InChI=1S/C24H28N4OS.ClH/c1-3-4-5-18-7-9-19(10-8-18)27-22-20-11-6-17(2)26-23(20)25-16-21(22)24(29)28-12-14-30-15-13-28;/h6-11,16H,3-5,12-15H2,1-2H3,(H,25,26,27);1H. The summed E-state index contributed by atoms with van der Waals surface area (Å²) >= 11 is 1.89. The zero-order valence-corrected chi connectivity index (χ0v) is 19.7. The van der Waals surface area contributed by atoms with E-state index in [9.17, 15) is 4.79 Å². The van der Waals surface area contributed by atoms with Crippen LogP contribution in [0.1, 0.15) is 41.4 Å². The Morgan fingerprint density at radius 3 is 2.58 bits per heavy atom. The van der Waals surface area contributed by atoms with Crippen LogP contribution in [0.5, 0.6) is 0 Å². The van der Waals surface area contributed by atoms with Crippen molar-refractivity contribution in [1.29, 1.82) is 0 Å². The van der Waals surface area contributed by atoms with Crippen molar-refractivity contribution in [3.8, 4) is 0 Å². The van der Waals surface area contributed by atoms with E-state index in [2.05, 4.69) is 46.5 Å². The summed E-state index contributed by atoms with van der Waals surface area (Å²) in [5.74, 6) is 2.00. The number of nitrogens with zero attached hydrogens (tertiary/aromatic N) is 3. The highest BCUT2D eigenvalue weighted by Crippen LogP contribution is 2.30. The number of fused-ring (bicyclic) bond motifs is 1. The summed E-state index contributed by atoms with van der Waals surface area (Å²) in [4.78, 5) is 24.3. The van der Waals surface area contributed by atoms with Crippen molar-refractivity contribution in [2.24, 2.45) is 0 Å². The lowest BCUT2D eigenvalue weighted by Crippen LogP contribution is -2.38. The molecule has 7 heteroatoms. The molecule has 1 amide bonds. The van der Waals surface area contributed by atoms with Gasteiger partial charge in [-0.25, -0.2) is 9.97 Å². The third-order valence-corrected chi connectivity index (χ3v) is 6.38. The lowest BCUT2D eigenvalue weighted by Gasteiger charge is -2.27. The third kappa shape index (κ3) is 5.49. The summed E-state index contributed by atoms with van der Waals surface area (Å²) in [7, 11) is 0. The summed E-state index contributed by atoms with van der Waals surface area (Å²) in [6.07, 6.45) is 5.15. The molecule has 3 aromatic rings. The fraction of sp³-hybridized carbons (Fsp3) is 0.375. The van der Waals surface area contributed by atoms with Gasteiger partial charge < -0.3 is 10.2 Å². The van der Waals surface area contributed by atoms with Crippen molar-refractivity contribution < 1.29 is 4.79 Å². The first kappa shape index (κ1) is 23.4. The average Bonchev–Trinajstić information content (AvgIpc) is 2.78. The molecule has 1 aliphatic heterocycles. The third-order valence-electron chi connectivity index (χ3n) is 5.44. The first-order chi connectivity index (χ1) is 14.7. The quantitative estimate of drug-likeness (QED) is 0.520. The van der Waals surface area contributed by atoms with Gasteiger partial charge in [-0.2, -0.15) is 11.8 Å². The largest absolute Gasteiger partial charge is 0.354 e. The molecule has 0 saturated carbocycles. The van der Waals surface area contributed by atoms with Gasteiger partial charge in [-0.15, -0.1) is 12.4 Å². The van der Waals surface area contributed by atoms with Gasteiger partial charge in [0, 0.05) is 47.6 Å². The molecule has 1 fully saturated rings. The lowest BCUT2D eigenvalue weighted by atomic mass is 10.1. The predicted molar refractivity (Wildman–Crippen MR) is 133 cm³/mol. The van der Waals surface area contributed by atoms with E-state index in [1.807, 2.05) is 35.7 Å². The molecule has 31 heavy (non-hydrogen) atoms. The van der Waals surface area contributed by atoms with Crippen LogP contribution < -0.4 is 5.32 Å². The van der Waals surface area contributed by atoms with Crippen molar-refractivity contribution in [2.75, 3.05) is 29.9 Å². The molecule has 1 saturated heterocycles. The minimum Gasteiger partial charge on any atom is -0.354 e. The molecule has 4 rings (SSSR count). The Balaban J connectivity index is 0.00000272. The molecule has 0 spiro atoms. The molecule has 0 unspecified atom stereocenters. The molecule has 0 radical (unpaired) electrons. The van der Waals surface area contributed by atoms with E-state index in [1.54, 1.807) is 6.20 Å². The fourth-order valence-electron chi connectivity index (χ4n) is 3.69. The summed E-state index contributed by atoms with van der Waals surface area (Å²) in [6.45, 7) is 5.71. The van der Waals surface area contributed by atoms with Crippen molar-refractivity contribution in [2.45, 2.75) is 33.1 Å². The Morgan fingerprint density at radius 1 is 1.13 bits per heavy atom. The highest BCUT2D eigenvalue weighted by Gasteiger charge is 2.23. The van der Waals surface area contributed by atoms with Crippen LogP contribution in [0.15, 0.2) is 42.6 Å². The number of nitrogens with one attached hydrogen (secondary N) is 1. The average molecular weight is 457 g/mol. The molecule has 0 bridgehead atoms. The number of benzene rings is 1. The molecule has 3 heterocycles. The van der Waals surface area contributed by atoms with E-state index in [0.29, 0.717) is 11.2 Å². The van der Waals surface area contributed by atoms with Gasteiger partial charge in [0.1, 0.15) is 0 Å². The second-order valence-electron chi connectivity index (χ2n) is 7.70. The number of aryl methyl sites for hydroxylation is 2. The number of amides is 1. The lowest BCUT2D eigenvalue weighted by molar-refractivity contribution is 0.0773. The number of thioether (sulfide) groups is 1. The van der Waals surface area contributed by atoms with E-state index in [0.717, 1.165) is 53.5 Å². The van der Waals surface area contributed by atoms with Crippen LogP contribution in [0.4, 0.5) is 11.4 Å². The Labute approximate surface area is 194 Å². The van der Waals surface area contributed by atoms with Gasteiger partial charge in [0.25, 0.3) is 5.91 Å². The number of pyridine rings is 2.